The van der Waals surface area contributed by atoms with Gasteiger partial charge in [0.25, 0.3) is 0 Å². The summed E-state index contributed by atoms with van der Waals surface area (Å²) in [5.74, 6) is 0.736. The average molecular weight is 253 g/mol. The molecule has 0 bridgehead atoms. The third-order valence-electron chi connectivity index (χ3n) is 4.54. The fraction of sp³-hybridized carbons (Fsp3) is 0.929. The van der Waals surface area contributed by atoms with Gasteiger partial charge in [0.05, 0.1) is 12.7 Å². The Bertz CT molecular complexity index is 289. The Morgan fingerprint density at radius 1 is 1.33 bits per heavy atom. The van der Waals surface area contributed by atoms with E-state index in [0.717, 1.165) is 19.6 Å². The average Bonchev–Trinajstić information content (AvgIpc) is 3.00. The third kappa shape index (κ3) is 2.86. The van der Waals surface area contributed by atoms with E-state index in [1.54, 1.807) is 0 Å². The van der Waals surface area contributed by atoms with Crippen LogP contribution in [-0.2, 0) is 4.79 Å². The molecule has 0 spiro atoms. The predicted molar refractivity (Wildman–Crippen MR) is 73.2 cm³/mol. The smallest absolute Gasteiger partial charge is 0.241 e. The number of nitrogens with zero attached hydrogens (tertiary/aromatic N) is 2. The fourth-order valence-electron chi connectivity index (χ4n) is 3.02. The van der Waals surface area contributed by atoms with Crippen LogP contribution in [0, 0.1) is 5.92 Å². The highest BCUT2D eigenvalue weighted by molar-refractivity contribution is 5.84. The summed E-state index contributed by atoms with van der Waals surface area (Å²) < 4.78 is 0. The number of hydrogen-bond acceptors (Lipinski definition) is 3. The first-order valence-electron chi connectivity index (χ1n) is 7.39. The van der Waals surface area contributed by atoms with Gasteiger partial charge in [0.15, 0.2) is 0 Å². The van der Waals surface area contributed by atoms with Crippen LogP contribution in [0.25, 0.3) is 0 Å². The van der Waals surface area contributed by atoms with Crippen molar-refractivity contribution in [2.75, 3.05) is 26.3 Å². The highest BCUT2D eigenvalue weighted by atomic mass is 16.2. The van der Waals surface area contributed by atoms with Gasteiger partial charge in [0.1, 0.15) is 0 Å². The van der Waals surface area contributed by atoms with Crippen LogP contribution in [0.3, 0.4) is 0 Å². The molecule has 2 saturated heterocycles. The van der Waals surface area contributed by atoms with Crippen molar-refractivity contribution in [2.24, 2.45) is 5.92 Å². The Labute approximate surface area is 111 Å². The SMILES string of the molecule is CCC(C)C1NCN(CC(C)N2CCCC2)C1=O. The fourth-order valence-corrected chi connectivity index (χ4v) is 3.02. The van der Waals surface area contributed by atoms with Gasteiger partial charge < -0.3 is 4.90 Å². The van der Waals surface area contributed by atoms with Gasteiger partial charge in [-0.3, -0.25) is 15.0 Å². The minimum Gasteiger partial charge on any atom is -0.327 e. The zero-order valence-electron chi connectivity index (χ0n) is 12.0. The Hall–Kier alpha value is -0.610. The molecular weight excluding hydrogens is 226 g/mol. The highest BCUT2D eigenvalue weighted by Gasteiger charge is 2.35. The highest BCUT2D eigenvalue weighted by Crippen LogP contribution is 2.18. The van der Waals surface area contributed by atoms with Crippen LogP contribution in [0.15, 0.2) is 0 Å². The second-order valence-electron chi connectivity index (χ2n) is 5.88. The summed E-state index contributed by atoms with van der Waals surface area (Å²) in [5.41, 5.74) is 0. The number of nitrogens with one attached hydrogen (secondary N) is 1. The molecule has 0 aromatic rings. The number of likely N-dealkylation sites (tertiary alicyclic amines) is 1. The van der Waals surface area contributed by atoms with E-state index in [0.29, 0.717) is 17.9 Å². The van der Waals surface area contributed by atoms with Crippen LogP contribution in [0.1, 0.15) is 40.0 Å². The van der Waals surface area contributed by atoms with E-state index in [9.17, 15) is 4.79 Å². The molecule has 0 saturated carbocycles. The van der Waals surface area contributed by atoms with Gasteiger partial charge in [-0.25, -0.2) is 0 Å². The molecule has 0 radical (unpaired) electrons. The maximum Gasteiger partial charge on any atom is 0.241 e. The Morgan fingerprint density at radius 3 is 2.61 bits per heavy atom. The van der Waals surface area contributed by atoms with Crippen LogP contribution in [0.5, 0.6) is 0 Å². The van der Waals surface area contributed by atoms with Crippen molar-refractivity contribution < 1.29 is 4.79 Å². The predicted octanol–water partition coefficient (Wildman–Crippen LogP) is 1.27. The molecule has 2 aliphatic rings. The van der Waals surface area contributed by atoms with E-state index < -0.39 is 0 Å². The van der Waals surface area contributed by atoms with E-state index >= 15 is 0 Å². The third-order valence-corrected chi connectivity index (χ3v) is 4.54. The molecule has 0 aromatic carbocycles. The molecule has 2 aliphatic heterocycles. The van der Waals surface area contributed by atoms with E-state index in [1.807, 2.05) is 4.90 Å². The normalized spacial score (nSPS) is 28.9. The van der Waals surface area contributed by atoms with E-state index in [1.165, 1.54) is 25.9 Å². The summed E-state index contributed by atoms with van der Waals surface area (Å²) in [6.45, 7) is 10.6. The molecule has 3 atom stereocenters. The summed E-state index contributed by atoms with van der Waals surface area (Å²) in [4.78, 5) is 16.8. The second-order valence-corrected chi connectivity index (χ2v) is 5.88. The molecule has 18 heavy (non-hydrogen) atoms. The number of carbonyl (C=O) groups is 1. The number of carbonyl (C=O) groups excluding carboxylic acids is 1. The largest absolute Gasteiger partial charge is 0.327 e. The first kappa shape index (κ1) is 13.8. The molecule has 2 rings (SSSR count). The van der Waals surface area contributed by atoms with E-state index in [-0.39, 0.29) is 6.04 Å². The van der Waals surface area contributed by atoms with Crippen molar-refractivity contribution in [3.05, 3.63) is 0 Å². The zero-order valence-corrected chi connectivity index (χ0v) is 12.0. The van der Waals surface area contributed by atoms with E-state index in [2.05, 4.69) is 31.0 Å². The minimum atomic E-state index is 0.0424. The maximum atomic E-state index is 12.3. The van der Waals surface area contributed by atoms with Crippen LogP contribution in [-0.4, -0.2) is 54.1 Å². The quantitative estimate of drug-likeness (QED) is 0.801. The van der Waals surface area contributed by atoms with Gasteiger partial charge in [0, 0.05) is 12.6 Å². The van der Waals surface area contributed by atoms with Crippen molar-refractivity contribution in [1.82, 2.24) is 15.1 Å². The minimum absolute atomic E-state index is 0.0424. The van der Waals surface area contributed by atoms with Gasteiger partial charge in [-0.2, -0.15) is 0 Å². The van der Waals surface area contributed by atoms with Crippen LogP contribution >= 0.6 is 0 Å². The standard InChI is InChI=1S/C14H27N3O/c1-4-11(2)13-14(18)17(10-15-13)9-12(3)16-7-5-6-8-16/h11-13,15H,4-10H2,1-3H3. The van der Waals surface area contributed by atoms with Crippen LogP contribution < -0.4 is 5.32 Å². The summed E-state index contributed by atoms with van der Waals surface area (Å²) in [6.07, 6.45) is 3.68. The van der Waals surface area contributed by atoms with Gasteiger partial charge in [-0.15, -0.1) is 0 Å². The van der Waals surface area contributed by atoms with Gasteiger partial charge >= 0.3 is 0 Å². The first-order valence-corrected chi connectivity index (χ1v) is 7.39. The Kier molecular flexibility index (Phi) is 4.62. The number of rotatable bonds is 5. The molecular formula is C14H27N3O. The maximum absolute atomic E-state index is 12.3. The number of hydrogen-bond donors (Lipinski definition) is 1. The summed E-state index contributed by atoms with van der Waals surface area (Å²) >= 11 is 0. The lowest BCUT2D eigenvalue weighted by Gasteiger charge is -2.28. The summed E-state index contributed by atoms with van der Waals surface area (Å²) in [7, 11) is 0. The second kappa shape index (κ2) is 6.02. The van der Waals surface area contributed by atoms with Gasteiger partial charge in [-0.1, -0.05) is 20.3 Å². The van der Waals surface area contributed by atoms with Gasteiger partial charge in [-0.05, 0) is 38.8 Å². The van der Waals surface area contributed by atoms with Crippen LogP contribution in [0.2, 0.25) is 0 Å². The molecule has 2 fully saturated rings. The molecule has 1 amide bonds. The van der Waals surface area contributed by atoms with E-state index in [4.69, 9.17) is 0 Å². The Morgan fingerprint density at radius 2 is 2.00 bits per heavy atom. The number of amides is 1. The molecule has 0 aliphatic carbocycles. The molecule has 3 unspecified atom stereocenters. The molecule has 0 aromatic heterocycles. The van der Waals surface area contributed by atoms with Gasteiger partial charge in [0.2, 0.25) is 5.91 Å². The molecule has 1 N–H and O–H groups in total. The summed E-state index contributed by atoms with van der Waals surface area (Å²) in [6, 6.07) is 0.537. The lowest BCUT2D eigenvalue weighted by atomic mass is 9.99. The van der Waals surface area contributed by atoms with Crippen molar-refractivity contribution in [3.63, 3.8) is 0 Å². The topological polar surface area (TPSA) is 35.6 Å². The molecule has 4 heteroatoms. The van der Waals surface area contributed by atoms with Crippen molar-refractivity contribution in [1.29, 1.82) is 0 Å². The van der Waals surface area contributed by atoms with Crippen molar-refractivity contribution in [2.45, 2.75) is 52.1 Å². The van der Waals surface area contributed by atoms with Crippen molar-refractivity contribution in [3.8, 4) is 0 Å². The molecule has 104 valence electrons. The zero-order chi connectivity index (χ0) is 13.1. The molecule has 2 heterocycles. The first-order chi connectivity index (χ1) is 8.63. The van der Waals surface area contributed by atoms with Crippen molar-refractivity contribution >= 4 is 5.91 Å². The molecule has 4 nitrogen and oxygen atoms in total. The Balaban J connectivity index is 1.85. The summed E-state index contributed by atoms with van der Waals surface area (Å²) in [5, 5.41) is 3.36. The van der Waals surface area contributed by atoms with Crippen LogP contribution in [0.4, 0.5) is 0 Å². The lowest BCUT2D eigenvalue weighted by Crippen LogP contribution is -2.43. The lowest BCUT2D eigenvalue weighted by molar-refractivity contribution is -0.130. The monoisotopic (exact) mass is 253 g/mol.